The number of amides is 1. The van der Waals surface area contributed by atoms with Crippen LogP contribution < -0.4 is 11.1 Å². The first-order valence-electron chi connectivity index (χ1n) is 5.46. The molecular weight excluding hydrogens is 266 g/mol. The van der Waals surface area contributed by atoms with Crippen LogP contribution in [0.1, 0.15) is 21.9 Å². The third-order valence-corrected chi connectivity index (χ3v) is 2.56. The molecule has 98 valence electrons. The number of aromatic nitrogens is 3. The quantitative estimate of drug-likeness (QED) is 0.745. The fourth-order valence-electron chi connectivity index (χ4n) is 1.35. The minimum absolute atomic E-state index is 0.247. The van der Waals surface area contributed by atoms with E-state index in [0.717, 1.165) is 0 Å². The molecule has 0 saturated heterocycles. The second-order valence-corrected chi connectivity index (χ2v) is 4.09. The first-order valence-corrected chi connectivity index (χ1v) is 5.87. The fraction of sp³-hybridized carbons (Fsp3) is 0.182. The molecule has 0 unspecified atom stereocenters. The summed E-state index contributed by atoms with van der Waals surface area (Å²) in [5.74, 6) is 0.259. The van der Waals surface area contributed by atoms with Gasteiger partial charge in [0.25, 0.3) is 5.91 Å². The molecule has 0 radical (unpaired) electrons. The lowest BCUT2D eigenvalue weighted by Gasteiger charge is -2.03. The van der Waals surface area contributed by atoms with E-state index in [1.807, 2.05) is 0 Å². The molecule has 8 heteroatoms. The second kappa shape index (κ2) is 6.01. The molecule has 1 amide bonds. The molecular formula is C11H11N5O2S. The van der Waals surface area contributed by atoms with Crippen molar-refractivity contribution in [1.82, 2.24) is 20.4 Å². The first kappa shape index (κ1) is 13.1. The second-order valence-electron chi connectivity index (χ2n) is 3.65. The summed E-state index contributed by atoms with van der Waals surface area (Å²) in [6.45, 7) is 0.400. The summed E-state index contributed by atoms with van der Waals surface area (Å²) in [5.41, 5.74) is 6.37. The monoisotopic (exact) mass is 277 g/mol. The highest BCUT2D eigenvalue weighted by Gasteiger charge is 2.07. The maximum atomic E-state index is 11.8. The van der Waals surface area contributed by atoms with E-state index in [4.69, 9.17) is 18.0 Å². The van der Waals surface area contributed by atoms with Gasteiger partial charge in [-0.1, -0.05) is 17.4 Å². The summed E-state index contributed by atoms with van der Waals surface area (Å²) >= 11 is 4.80. The number of hydrogen-bond donors (Lipinski definition) is 2. The topological polar surface area (TPSA) is 107 Å². The minimum atomic E-state index is -0.280. The molecule has 0 saturated carbocycles. The number of nitrogens with one attached hydrogen (secondary N) is 1. The third kappa shape index (κ3) is 3.55. The summed E-state index contributed by atoms with van der Waals surface area (Å²) < 4.78 is 4.58. The van der Waals surface area contributed by atoms with Gasteiger partial charge in [0.15, 0.2) is 5.82 Å². The summed E-state index contributed by atoms with van der Waals surface area (Å²) in [6.07, 6.45) is 3.21. The van der Waals surface area contributed by atoms with Gasteiger partial charge < -0.3 is 15.6 Å². The van der Waals surface area contributed by atoms with Crippen molar-refractivity contribution >= 4 is 23.1 Å². The van der Waals surface area contributed by atoms with Crippen LogP contribution in [0.4, 0.5) is 0 Å². The largest absolute Gasteiger partial charge is 0.389 e. The third-order valence-electron chi connectivity index (χ3n) is 2.32. The Morgan fingerprint density at radius 1 is 1.42 bits per heavy atom. The average molecular weight is 277 g/mol. The molecule has 0 spiro atoms. The standard InChI is InChI=1S/C11H11N5O2S/c12-10(19)7-1-2-8(14-5-7)11(17)13-4-3-9-15-6-18-16-9/h1-2,5-6H,3-4H2,(H2,12,19)(H,13,17). The maximum Gasteiger partial charge on any atom is 0.269 e. The smallest absolute Gasteiger partial charge is 0.269 e. The maximum absolute atomic E-state index is 11.8. The Kier molecular flexibility index (Phi) is 4.14. The zero-order valence-corrected chi connectivity index (χ0v) is 10.7. The molecule has 0 aliphatic rings. The van der Waals surface area contributed by atoms with Gasteiger partial charge in [-0.3, -0.25) is 9.78 Å². The van der Waals surface area contributed by atoms with Crippen LogP contribution in [0.25, 0.3) is 0 Å². The molecule has 7 nitrogen and oxygen atoms in total. The van der Waals surface area contributed by atoms with Gasteiger partial charge in [-0.15, -0.1) is 0 Å². The first-order chi connectivity index (χ1) is 9.16. The van der Waals surface area contributed by atoms with Crippen molar-refractivity contribution in [3.8, 4) is 0 Å². The average Bonchev–Trinajstić information content (AvgIpc) is 2.92. The Hall–Kier alpha value is -2.35. The summed E-state index contributed by atoms with van der Waals surface area (Å²) in [4.78, 5) is 19.8. The lowest BCUT2D eigenvalue weighted by Crippen LogP contribution is -2.27. The lowest BCUT2D eigenvalue weighted by atomic mass is 10.2. The molecule has 19 heavy (non-hydrogen) atoms. The molecule has 3 N–H and O–H groups in total. The van der Waals surface area contributed by atoms with Gasteiger partial charge in [-0.25, -0.2) is 0 Å². The number of carbonyl (C=O) groups excluding carboxylic acids is 1. The molecule has 0 aliphatic carbocycles. The Labute approximate surface area is 114 Å². The van der Waals surface area contributed by atoms with Crippen molar-refractivity contribution in [1.29, 1.82) is 0 Å². The fourth-order valence-corrected chi connectivity index (χ4v) is 1.48. The van der Waals surface area contributed by atoms with Crippen LogP contribution in [0.3, 0.4) is 0 Å². The number of rotatable bonds is 5. The van der Waals surface area contributed by atoms with Crippen molar-refractivity contribution in [2.24, 2.45) is 5.73 Å². The van der Waals surface area contributed by atoms with Crippen LogP contribution in [0.2, 0.25) is 0 Å². The number of carbonyl (C=O) groups is 1. The van der Waals surface area contributed by atoms with Crippen LogP contribution in [0, 0.1) is 0 Å². The number of thiocarbonyl (C=S) groups is 1. The van der Waals surface area contributed by atoms with Crippen LogP contribution in [0.5, 0.6) is 0 Å². The molecule has 0 bridgehead atoms. The van der Waals surface area contributed by atoms with Gasteiger partial charge in [0.1, 0.15) is 10.7 Å². The predicted octanol–water partition coefficient (Wildman–Crippen LogP) is 0.0713. The van der Waals surface area contributed by atoms with E-state index in [9.17, 15) is 4.79 Å². The predicted molar refractivity (Wildman–Crippen MR) is 70.5 cm³/mol. The number of pyridine rings is 1. The van der Waals surface area contributed by atoms with Gasteiger partial charge in [0.05, 0.1) is 0 Å². The molecule has 2 heterocycles. The normalized spacial score (nSPS) is 10.1. The van der Waals surface area contributed by atoms with E-state index >= 15 is 0 Å². The molecule has 0 fully saturated rings. The van der Waals surface area contributed by atoms with E-state index in [1.54, 1.807) is 12.1 Å². The van der Waals surface area contributed by atoms with Gasteiger partial charge in [-0.05, 0) is 12.1 Å². The number of nitrogens with zero attached hydrogens (tertiary/aromatic N) is 3. The molecule has 2 rings (SSSR count). The van der Waals surface area contributed by atoms with E-state index in [-0.39, 0.29) is 10.9 Å². The minimum Gasteiger partial charge on any atom is -0.389 e. The zero-order chi connectivity index (χ0) is 13.7. The van der Waals surface area contributed by atoms with Gasteiger partial charge in [0.2, 0.25) is 6.39 Å². The Bertz CT molecular complexity index is 567. The van der Waals surface area contributed by atoms with Crippen molar-refractivity contribution < 1.29 is 9.32 Å². The van der Waals surface area contributed by atoms with Gasteiger partial charge in [-0.2, -0.15) is 4.98 Å². The molecule has 0 atom stereocenters. The Balaban J connectivity index is 1.87. The molecule has 2 aromatic heterocycles. The summed E-state index contributed by atoms with van der Waals surface area (Å²) in [6, 6.07) is 3.22. The van der Waals surface area contributed by atoms with Crippen molar-refractivity contribution in [3.63, 3.8) is 0 Å². The van der Waals surface area contributed by atoms with Crippen molar-refractivity contribution in [2.75, 3.05) is 6.54 Å². The number of nitrogens with two attached hydrogens (primary N) is 1. The van der Waals surface area contributed by atoms with E-state index in [2.05, 4.69) is 25.0 Å². The zero-order valence-electron chi connectivity index (χ0n) is 9.87. The molecule has 0 aliphatic heterocycles. The van der Waals surface area contributed by atoms with Crippen LogP contribution >= 0.6 is 12.2 Å². The van der Waals surface area contributed by atoms with E-state index in [0.29, 0.717) is 30.0 Å². The van der Waals surface area contributed by atoms with E-state index < -0.39 is 0 Å². The Morgan fingerprint density at radius 2 is 2.26 bits per heavy atom. The SMILES string of the molecule is NC(=S)c1ccc(C(=O)NCCc2ncon2)nc1. The highest BCUT2D eigenvalue weighted by molar-refractivity contribution is 7.80. The van der Waals surface area contributed by atoms with Gasteiger partial charge >= 0.3 is 0 Å². The van der Waals surface area contributed by atoms with Gasteiger partial charge in [0, 0.05) is 24.7 Å². The highest BCUT2D eigenvalue weighted by atomic mass is 32.1. The molecule has 2 aromatic rings. The number of hydrogen-bond acceptors (Lipinski definition) is 6. The van der Waals surface area contributed by atoms with Crippen molar-refractivity contribution in [2.45, 2.75) is 6.42 Å². The molecule has 0 aromatic carbocycles. The summed E-state index contributed by atoms with van der Waals surface area (Å²) in [5, 5.41) is 6.33. The van der Waals surface area contributed by atoms with Crippen LogP contribution in [-0.4, -0.2) is 32.6 Å². The van der Waals surface area contributed by atoms with Crippen LogP contribution in [0.15, 0.2) is 29.2 Å². The summed E-state index contributed by atoms with van der Waals surface area (Å²) in [7, 11) is 0. The lowest BCUT2D eigenvalue weighted by molar-refractivity contribution is 0.0949. The van der Waals surface area contributed by atoms with E-state index in [1.165, 1.54) is 12.6 Å². The Morgan fingerprint density at radius 3 is 2.84 bits per heavy atom. The van der Waals surface area contributed by atoms with Crippen LogP contribution in [-0.2, 0) is 6.42 Å². The van der Waals surface area contributed by atoms with Crippen molar-refractivity contribution in [3.05, 3.63) is 41.8 Å². The highest BCUT2D eigenvalue weighted by Crippen LogP contribution is 2.00.